The minimum absolute atomic E-state index is 0.0221. The Bertz CT molecular complexity index is 484. The number of piperidine rings is 1. The highest BCUT2D eigenvalue weighted by molar-refractivity contribution is 5.06. The average molecular weight is 291 g/mol. The number of nitrogens with zero attached hydrogens (tertiary/aromatic N) is 1. The summed E-state index contributed by atoms with van der Waals surface area (Å²) in [6.07, 6.45) is 5.32. The fourth-order valence-electron chi connectivity index (χ4n) is 3.51. The summed E-state index contributed by atoms with van der Waals surface area (Å²) in [5, 5.41) is 0. The van der Waals surface area contributed by atoms with Crippen molar-refractivity contribution < 1.29 is 13.9 Å². The van der Waals surface area contributed by atoms with Crippen LogP contribution in [0.15, 0.2) is 29.2 Å². The Balaban J connectivity index is 1.57. The molecule has 4 heteroatoms. The van der Waals surface area contributed by atoms with Crippen LogP contribution < -0.4 is 0 Å². The van der Waals surface area contributed by atoms with Crippen LogP contribution in [0.2, 0.25) is 0 Å². The molecule has 1 spiro atoms. The topological polar surface area (TPSA) is 34.8 Å². The van der Waals surface area contributed by atoms with Crippen LogP contribution in [0.5, 0.6) is 0 Å². The number of aryl methyl sites for hydroxylation is 1. The summed E-state index contributed by atoms with van der Waals surface area (Å²) in [7, 11) is 0. The van der Waals surface area contributed by atoms with E-state index in [4.69, 9.17) is 13.9 Å². The molecule has 0 aliphatic carbocycles. The van der Waals surface area contributed by atoms with E-state index in [1.54, 1.807) is 6.08 Å². The van der Waals surface area contributed by atoms with Gasteiger partial charge < -0.3 is 13.9 Å². The molecule has 0 amide bonds. The molecule has 1 aromatic rings. The van der Waals surface area contributed by atoms with Crippen molar-refractivity contribution in [3.05, 3.63) is 36.3 Å². The summed E-state index contributed by atoms with van der Waals surface area (Å²) < 4.78 is 17.6. The van der Waals surface area contributed by atoms with Gasteiger partial charge in [-0.15, -0.1) is 6.58 Å². The number of ether oxygens (including phenoxy) is 2. The lowest BCUT2D eigenvalue weighted by atomic mass is 9.89. The lowest BCUT2D eigenvalue weighted by molar-refractivity contribution is -0.0555. The van der Waals surface area contributed by atoms with Crippen LogP contribution in [0.4, 0.5) is 0 Å². The Morgan fingerprint density at radius 1 is 1.52 bits per heavy atom. The molecule has 3 heterocycles. The molecule has 2 fully saturated rings. The van der Waals surface area contributed by atoms with E-state index >= 15 is 0 Å². The first-order valence-electron chi connectivity index (χ1n) is 7.83. The predicted octanol–water partition coefficient (Wildman–Crippen LogP) is 2.91. The molecular weight excluding hydrogens is 266 g/mol. The van der Waals surface area contributed by atoms with E-state index in [1.165, 1.54) is 6.42 Å². The standard InChI is InChI=1S/C17H25NO3/c1-3-9-19-16-10-17(20-12-16)7-4-8-18(13-17)11-15-6-5-14(2)21-15/h3,5-6,16H,1,4,7-13H2,2H3/t16-,17+/m1/s1. The van der Waals surface area contributed by atoms with Gasteiger partial charge in [0.15, 0.2) is 0 Å². The first-order chi connectivity index (χ1) is 10.2. The quantitative estimate of drug-likeness (QED) is 0.781. The van der Waals surface area contributed by atoms with Gasteiger partial charge in [-0.1, -0.05) is 6.08 Å². The average Bonchev–Trinajstić information content (AvgIpc) is 3.04. The Morgan fingerprint density at radius 3 is 3.19 bits per heavy atom. The van der Waals surface area contributed by atoms with Crippen molar-refractivity contribution in [1.29, 1.82) is 0 Å². The van der Waals surface area contributed by atoms with Crippen LogP contribution >= 0.6 is 0 Å². The number of hydrogen-bond donors (Lipinski definition) is 0. The number of furan rings is 1. The SMILES string of the molecule is C=CCO[C@H]1CO[C@@]2(CCCN(Cc3ccc(C)o3)C2)C1. The predicted molar refractivity (Wildman–Crippen MR) is 81.2 cm³/mol. The summed E-state index contributed by atoms with van der Waals surface area (Å²) >= 11 is 0. The van der Waals surface area contributed by atoms with E-state index in [9.17, 15) is 0 Å². The smallest absolute Gasteiger partial charge is 0.118 e. The number of hydrogen-bond acceptors (Lipinski definition) is 4. The summed E-state index contributed by atoms with van der Waals surface area (Å²) in [5.74, 6) is 2.02. The largest absolute Gasteiger partial charge is 0.465 e. The van der Waals surface area contributed by atoms with Crippen molar-refractivity contribution >= 4 is 0 Å². The molecule has 2 aliphatic rings. The van der Waals surface area contributed by atoms with Gasteiger partial charge in [0.1, 0.15) is 11.5 Å². The van der Waals surface area contributed by atoms with Crippen LogP contribution in [-0.4, -0.2) is 42.9 Å². The molecular formula is C17H25NO3. The summed E-state index contributed by atoms with van der Waals surface area (Å²) in [6.45, 7) is 9.97. The van der Waals surface area contributed by atoms with Crippen LogP contribution in [0.3, 0.4) is 0 Å². The monoisotopic (exact) mass is 291 g/mol. The maximum absolute atomic E-state index is 6.13. The third-order valence-electron chi connectivity index (χ3n) is 4.42. The molecule has 1 aromatic heterocycles. The van der Waals surface area contributed by atoms with Gasteiger partial charge in [-0.25, -0.2) is 0 Å². The van der Waals surface area contributed by atoms with Gasteiger partial charge in [0.25, 0.3) is 0 Å². The van der Waals surface area contributed by atoms with Crippen molar-refractivity contribution in [2.24, 2.45) is 0 Å². The molecule has 4 nitrogen and oxygen atoms in total. The minimum atomic E-state index is -0.0221. The Kier molecular flexibility index (Phi) is 4.48. The van der Waals surface area contributed by atoms with Gasteiger partial charge in [0.2, 0.25) is 0 Å². The number of likely N-dealkylation sites (tertiary alicyclic amines) is 1. The minimum Gasteiger partial charge on any atom is -0.465 e. The van der Waals surface area contributed by atoms with Gasteiger partial charge in [-0.2, -0.15) is 0 Å². The Labute approximate surface area is 126 Å². The third kappa shape index (κ3) is 3.57. The van der Waals surface area contributed by atoms with Gasteiger partial charge in [0, 0.05) is 13.0 Å². The maximum Gasteiger partial charge on any atom is 0.118 e. The van der Waals surface area contributed by atoms with Crippen molar-refractivity contribution in [3.8, 4) is 0 Å². The lowest BCUT2D eigenvalue weighted by Crippen LogP contribution is -2.47. The van der Waals surface area contributed by atoms with E-state index < -0.39 is 0 Å². The molecule has 0 aromatic carbocycles. The van der Waals surface area contributed by atoms with E-state index in [1.807, 2.05) is 13.0 Å². The highest BCUT2D eigenvalue weighted by atomic mass is 16.6. The third-order valence-corrected chi connectivity index (χ3v) is 4.42. The fourth-order valence-corrected chi connectivity index (χ4v) is 3.51. The Hall–Kier alpha value is -1.10. The van der Waals surface area contributed by atoms with Gasteiger partial charge in [0.05, 0.1) is 31.5 Å². The molecule has 21 heavy (non-hydrogen) atoms. The van der Waals surface area contributed by atoms with Crippen LogP contribution in [0.25, 0.3) is 0 Å². The molecule has 116 valence electrons. The first-order valence-corrected chi connectivity index (χ1v) is 7.83. The molecule has 0 bridgehead atoms. The van der Waals surface area contributed by atoms with Crippen LogP contribution in [0.1, 0.15) is 30.8 Å². The summed E-state index contributed by atoms with van der Waals surface area (Å²) in [6, 6.07) is 4.10. The highest BCUT2D eigenvalue weighted by Crippen LogP contribution is 2.36. The molecule has 2 atom stereocenters. The van der Waals surface area contributed by atoms with Crippen LogP contribution in [0, 0.1) is 6.92 Å². The van der Waals surface area contributed by atoms with Crippen molar-refractivity contribution in [3.63, 3.8) is 0 Å². The summed E-state index contributed by atoms with van der Waals surface area (Å²) in [4.78, 5) is 2.44. The fraction of sp³-hybridized carbons (Fsp3) is 0.647. The van der Waals surface area contributed by atoms with Crippen molar-refractivity contribution in [2.75, 3.05) is 26.3 Å². The van der Waals surface area contributed by atoms with Crippen LogP contribution in [-0.2, 0) is 16.0 Å². The second kappa shape index (κ2) is 6.34. The van der Waals surface area contributed by atoms with E-state index in [0.29, 0.717) is 13.2 Å². The zero-order valence-electron chi connectivity index (χ0n) is 12.8. The maximum atomic E-state index is 6.13. The zero-order valence-corrected chi connectivity index (χ0v) is 12.8. The molecule has 2 aliphatic heterocycles. The van der Waals surface area contributed by atoms with Gasteiger partial charge in [-0.05, 0) is 38.4 Å². The molecule has 0 saturated carbocycles. The highest BCUT2D eigenvalue weighted by Gasteiger charge is 2.43. The summed E-state index contributed by atoms with van der Waals surface area (Å²) in [5.41, 5.74) is -0.0221. The number of rotatable bonds is 5. The normalized spacial score (nSPS) is 30.0. The van der Waals surface area contributed by atoms with E-state index in [-0.39, 0.29) is 11.7 Å². The van der Waals surface area contributed by atoms with Crippen molar-refractivity contribution in [2.45, 2.75) is 44.4 Å². The molecule has 0 radical (unpaired) electrons. The molecule has 0 N–H and O–H groups in total. The van der Waals surface area contributed by atoms with Gasteiger partial charge in [-0.3, -0.25) is 4.90 Å². The molecule has 2 saturated heterocycles. The lowest BCUT2D eigenvalue weighted by Gasteiger charge is -2.39. The van der Waals surface area contributed by atoms with Crippen molar-refractivity contribution in [1.82, 2.24) is 4.90 Å². The second-order valence-corrected chi connectivity index (χ2v) is 6.27. The first kappa shape index (κ1) is 14.8. The Morgan fingerprint density at radius 2 is 2.43 bits per heavy atom. The molecule has 0 unspecified atom stereocenters. The molecule has 3 rings (SSSR count). The van der Waals surface area contributed by atoms with E-state index in [2.05, 4.69) is 17.5 Å². The zero-order chi connectivity index (χ0) is 14.7. The second-order valence-electron chi connectivity index (χ2n) is 6.27. The van der Waals surface area contributed by atoms with Gasteiger partial charge >= 0.3 is 0 Å². The van der Waals surface area contributed by atoms with E-state index in [0.717, 1.165) is 44.0 Å².